The summed E-state index contributed by atoms with van der Waals surface area (Å²) in [5.74, 6) is 0.679. The summed E-state index contributed by atoms with van der Waals surface area (Å²) in [5, 5.41) is 12.0. The molecule has 0 saturated heterocycles. The van der Waals surface area contributed by atoms with E-state index in [1.165, 1.54) is 0 Å². The van der Waals surface area contributed by atoms with E-state index in [2.05, 4.69) is 10.1 Å². The number of benzene rings is 1. The van der Waals surface area contributed by atoms with Gasteiger partial charge < -0.3 is 9.94 Å². The highest BCUT2D eigenvalue weighted by Crippen LogP contribution is 2.19. The van der Waals surface area contributed by atoms with E-state index in [0.29, 0.717) is 18.1 Å². The number of pyridine rings is 1. The van der Waals surface area contributed by atoms with Gasteiger partial charge in [-0.2, -0.15) is 0 Å². The van der Waals surface area contributed by atoms with Crippen molar-refractivity contribution in [3.05, 3.63) is 59.9 Å². The molecule has 0 saturated carbocycles. The molecule has 4 heteroatoms. The number of para-hydroxylation sites is 1. The van der Waals surface area contributed by atoms with Gasteiger partial charge >= 0.3 is 0 Å². The number of aromatic nitrogens is 1. The van der Waals surface area contributed by atoms with Crippen LogP contribution in [0.5, 0.6) is 5.75 Å². The molecule has 0 bridgehead atoms. The summed E-state index contributed by atoms with van der Waals surface area (Å²) in [6.45, 7) is 2.11. The largest absolute Gasteiger partial charge is 0.487 e. The lowest BCUT2D eigenvalue weighted by molar-refractivity contribution is 0.299. The average Bonchev–Trinajstić information content (AvgIpc) is 2.45. The third-order valence-electron chi connectivity index (χ3n) is 2.53. The van der Waals surface area contributed by atoms with Crippen molar-refractivity contribution in [3.8, 4) is 5.75 Å². The average molecular weight is 242 g/mol. The summed E-state index contributed by atoms with van der Waals surface area (Å²) < 4.78 is 5.69. The first-order valence-electron chi connectivity index (χ1n) is 5.62. The smallest absolute Gasteiger partial charge is 0.130 e. The SMILES string of the molecule is C/C(=N\O)c1ccccc1OCc1ccccn1. The third kappa shape index (κ3) is 2.85. The molecule has 18 heavy (non-hydrogen) atoms. The number of oxime groups is 1. The van der Waals surface area contributed by atoms with Crippen LogP contribution in [0.25, 0.3) is 0 Å². The van der Waals surface area contributed by atoms with Gasteiger partial charge in [-0.1, -0.05) is 23.4 Å². The molecule has 1 heterocycles. The topological polar surface area (TPSA) is 54.7 Å². The molecule has 0 aliphatic carbocycles. The second kappa shape index (κ2) is 5.82. The molecule has 0 radical (unpaired) electrons. The van der Waals surface area contributed by atoms with Gasteiger partial charge in [0.2, 0.25) is 0 Å². The maximum Gasteiger partial charge on any atom is 0.130 e. The second-order valence-corrected chi connectivity index (χ2v) is 3.79. The molecular weight excluding hydrogens is 228 g/mol. The van der Waals surface area contributed by atoms with Crippen LogP contribution < -0.4 is 4.74 Å². The molecule has 1 aromatic heterocycles. The molecule has 0 amide bonds. The zero-order valence-corrected chi connectivity index (χ0v) is 10.1. The minimum absolute atomic E-state index is 0.385. The van der Waals surface area contributed by atoms with Crippen LogP contribution in [-0.4, -0.2) is 15.9 Å². The van der Waals surface area contributed by atoms with E-state index in [4.69, 9.17) is 9.94 Å². The van der Waals surface area contributed by atoms with Crippen LogP contribution in [0.4, 0.5) is 0 Å². The second-order valence-electron chi connectivity index (χ2n) is 3.79. The van der Waals surface area contributed by atoms with Gasteiger partial charge in [-0.15, -0.1) is 0 Å². The van der Waals surface area contributed by atoms with E-state index < -0.39 is 0 Å². The molecule has 0 unspecified atom stereocenters. The van der Waals surface area contributed by atoms with E-state index >= 15 is 0 Å². The van der Waals surface area contributed by atoms with E-state index in [-0.39, 0.29) is 0 Å². The van der Waals surface area contributed by atoms with Crippen LogP contribution in [0.15, 0.2) is 53.8 Å². The van der Waals surface area contributed by atoms with Crippen LogP contribution in [0.3, 0.4) is 0 Å². The zero-order valence-electron chi connectivity index (χ0n) is 10.1. The van der Waals surface area contributed by atoms with Gasteiger partial charge in [0.1, 0.15) is 12.4 Å². The fourth-order valence-electron chi connectivity index (χ4n) is 1.58. The van der Waals surface area contributed by atoms with Crippen molar-refractivity contribution in [2.24, 2.45) is 5.16 Å². The number of ether oxygens (including phenoxy) is 1. The van der Waals surface area contributed by atoms with Gasteiger partial charge in [-0.3, -0.25) is 4.98 Å². The molecule has 2 rings (SSSR count). The minimum atomic E-state index is 0.385. The summed E-state index contributed by atoms with van der Waals surface area (Å²) in [6, 6.07) is 13.1. The van der Waals surface area contributed by atoms with Gasteiger partial charge in [0.05, 0.1) is 11.4 Å². The van der Waals surface area contributed by atoms with Crippen molar-refractivity contribution < 1.29 is 9.94 Å². The summed E-state index contributed by atoms with van der Waals surface area (Å²) in [4.78, 5) is 4.18. The zero-order chi connectivity index (χ0) is 12.8. The first kappa shape index (κ1) is 12.1. The monoisotopic (exact) mass is 242 g/mol. The number of hydrogen-bond donors (Lipinski definition) is 1. The van der Waals surface area contributed by atoms with Gasteiger partial charge in [0.15, 0.2) is 0 Å². The first-order valence-corrected chi connectivity index (χ1v) is 5.62. The van der Waals surface area contributed by atoms with Crippen molar-refractivity contribution >= 4 is 5.71 Å². The maximum atomic E-state index is 8.82. The lowest BCUT2D eigenvalue weighted by Crippen LogP contribution is -2.03. The molecule has 0 aliphatic rings. The highest BCUT2D eigenvalue weighted by molar-refractivity contribution is 6.00. The van der Waals surface area contributed by atoms with Crippen molar-refractivity contribution in [2.45, 2.75) is 13.5 Å². The Balaban J connectivity index is 2.15. The maximum absolute atomic E-state index is 8.82. The van der Waals surface area contributed by atoms with Crippen LogP contribution >= 0.6 is 0 Å². The molecular formula is C14H14N2O2. The molecule has 4 nitrogen and oxygen atoms in total. The molecule has 1 N–H and O–H groups in total. The molecule has 92 valence electrons. The Morgan fingerprint density at radius 2 is 2.00 bits per heavy atom. The fourth-order valence-corrected chi connectivity index (χ4v) is 1.58. The predicted octanol–water partition coefficient (Wildman–Crippen LogP) is 2.86. The molecule has 2 aromatic rings. The van der Waals surface area contributed by atoms with Crippen molar-refractivity contribution in [1.29, 1.82) is 0 Å². The Morgan fingerprint density at radius 1 is 1.22 bits per heavy atom. The Morgan fingerprint density at radius 3 is 2.72 bits per heavy atom. The Kier molecular flexibility index (Phi) is 3.91. The third-order valence-corrected chi connectivity index (χ3v) is 2.53. The summed E-state index contributed by atoms with van der Waals surface area (Å²) in [5.41, 5.74) is 2.15. The Labute approximate surface area is 106 Å². The molecule has 0 spiro atoms. The van der Waals surface area contributed by atoms with E-state index in [9.17, 15) is 0 Å². The van der Waals surface area contributed by atoms with E-state index in [1.807, 2.05) is 42.5 Å². The summed E-state index contributed by atoms with van der Waals surface area (Å²) in [7, 11) is 0. The van der Waals surface area contributed by atoms with Crippen molar-refractivity contribution in [3.63, 3.8) is 0 Å². The van der Waals surface area contributed by atoms with Crippen LogP contribution in [-0.2, 0) is 6.61 Å². The number of hydrogen-bond acceptors (Lipinski definition) is 4. The number of rotatable bonds is 4. The van der Waals surface area contributed by atoms with E-state index in [0.717, 1.165) is 11.3 Å². The lowest BCUT2D eigenvalue weighted by atomic mass is 10.1. The van der Waals surface area contributed by atoms with Crippen molar-refractivity contribution in [2.75, 3.05) is 0 Å². The van der Waals surface area contributed by atoms with Gasteiger partial charge in [-0.05, 0) is 31.2 Å². The quantitative estimate of drug-likeness (QED) is 0.509. The molecule has 0 fully saturated rings. The fraction of sp³-hybridized carbons (Fsp3) is 0.143. The lowest BCUT2D eigenvalue weighted by Gasteiger charge is -2.10. The van der Waals surface area contributed by atoms with Crippen LogP contribution in [0, 0.1) is 0 Å². The Hall–Kier alpha value is -2.36. The van der Waals surface area contributed by atoms with Gasteiger partial charge in [0, 0.05) is 11.8 Å². The highest BCUT2D eigenvalue weighted by Gasteiger charge is 2.06. The van der Waals surface area contributed by atoms with Crippen molar-refractivity contribution in [1.82, 2.24) is 4.98 Å². The van der Waals surface area contributed by atoms with E-state index in [1.54, 1.807) is 13.1 Å². The van der Waals surface area contributed by atoms with Gasteiger partial charge in [0.25, 0.3) is 0 Å². The minimum Gasteiger partial charge on any atom is -0.487 e. The predicted molar refractivity (Wildman–Crippen MR) is 69.0 cm³/mol. The normalized spacial score (nSPS) is 11.3. The number of nitrogens with zero attached hydrogens (tertiary/aromatic N) is 2. The molecule has 0 atom stereocenters. The molecule has 1 aromatic carbocycles. The summed E-state index contributed by atoms with van der Waals surface area (Å²) >= 11 is 0. The summed E-state index contributed by atoms with van der Waals surface area (Å²) in [6.07, 6.45) is 1.73. The highest BCUT2D eigenvalue weighted by atomic mass is 16.5. The first-order chi connectivity index (χ1) is 8.81. The standard InChI is InChI=1S/C14H14N2O2/c1-11(16-17)13-7-2-3-8-14(13)18-10-12-6-4-5-9-15-12/h2-9,17H,10H2,1H3/b16-11+. The van der Waals surface area contributed by atoms with Crippen LogP contribution in [0.1, 0.15) is 18.2 Å². The van der Waals surface area contributed by atoms with Crippen LogP contribution in [0.2, 0.25) is 0 Å². The Bertz CT molecular complexity index is 539. The molecule has 0 aliphatic heterocycles. The van der Waals surface area contributed by atoms with Gasteiger partial charge in [-0.25, -0.2) is 0 Å².